The van der Waals surface area contributed by atoms with E-state index >= 15 is 0 Å². The molecule has 4 heteroatoms. The van der Waals surface area contributed by atoms with Gasteiger partial charge in [-0.3, -0.25) is 9.79 Å². The fourth-order valence-electron chi connectivity index (χ4n) is 3.30. The van der Waals surface area contributed by atoms with Gasteiger partial charge in [0.2, 0.25) is 5.91 Å². The molecule has 1 aromatic rings. The highest BCUT2D eigenvalue weighted by atomic mass is 16.2. The summed E-state index contributed by atoms with van der Waals surface area (Å²) in [4.78, 5) is 17.1. The molecular formula is C20H27N3O. The number of hydrogen-bond acceptors (Lipinski definition) is 3. The van der Waals surface area contributed by atoms with Crippen LogP contribution in [0.4, 0.5) is 5.69 Å². The van der Waals surface area contributed by atoms with Crippen LogP contribution in [0.2, 0.25) is 0 Å². The second kappa shape index (κ2) is 7.20. The molecule has 3 N–H and O–H groups in total. The fourth-order valence-corrected chi connectivity index (χ4v) is 3.30. The number of nitrogens with zero attached hydrogens (tertiary/aromatic N) is 1. The van der Waals surface area contributed by atoms with Gasteiger partial charge < -0.3 is 11.1 Å². The van der Waals surface area contributed by atoms with Crippen molar-refractivity contribution in [1.29, 1.82) is 0 Å². The van der Waals surface area contributed by atoms with Gasteiger partial charge in [-0.2, -0.15) is 0 Å². The second-order valence-electron chi connectivity index (χ2n) is 6.94. The Morgan fingerprint density at radius 1 is 1.33 bits per heavy atom. The maximum absolute atomic E-state index is 12.6. The van der Waals surface area contributed by atoms with Crippen molar-refractivity contribution in [3.8, 4) is 0 Å². The van der Waals surface area contributed by atoms with E-state index in [0.717, 1.165) is 49.1 Å². The number of amides is 1. The summed E-state index contributed by atoms with van der Waals surface area (Å²) in [6.07, 6.45) is 9.92. The zero-order valence-electron chi connectivity index (χ0n) is 14.4. The lowest BCUT2D eigenvalue weighted by Crippen LogP contribution is -2.49. The van der Waals surface area contributed by atoms with E-state index in [1.807, 2.05) is 18.3 Å². The number of hydrogen-bond donors (Lipinski definition) is 2. The largest absolute Gasteiger partial charge is 0.404 e. The predicted molar refractivity (Wildman–Crippen MR) is 98.4 cm³/mol. The van der Waals surface area contributed by atoms with E-state index in [2.05, 4.69) is 29.4 Å². The number of carbonyl (C=O) groups is 1. The lowest BCUT2D eigenvalue weighted by molar-refractivity contribution is -0.129. The Bertz CT molecular complexity index is 637. The molecule has 2 aliphatic rings. The lowest BCUT2D eigenvalue weighted by Gasteiger charge is -2.40. The van der Waals surface area contributed by atoms with Crippen LogP contribution in [0.15, 0.2) is 41.0 Å². The first kappa shape index (κ1) is 16.7. The normalized spacial score (nSPS) is 20.0. The maximum atomic E-state index is 12.6. The Balaban J connectivity index is 1.71. The quantitative estimate of drug-likeness (QED) is 0.752. The van der Waals surface area contributed by atoms with Crippen LogP contribution < -0.4 is 11.1 Å². The molecule has 0 spiro atoms. The van der Waals surface area contributed by atoms with Gasteiger partial charge in [-0.15, -0.1) is 0 Å². The van der Waals surface area contributed by atoms with E-state index in [4.69, 9.17) is 5.73 Å². The molecule has 0 aromatic heterocycles. The van der Waals surface area contributed by atoms with E-state index in [1.54, 1.807) is 6.20 Å². The molecule has 4 nitrogen and oxygen atoms in total. The number of benzene rings is 1. The molecule has 2 fully saturated rings. The summed E-state index contributed by atoms with van der Waals surface area (Å²) in [6.45, 7) is 2.82. The number of nitrogens with one attached hydrogen (secondary N) is 1. The van der Waals surface area contributed by atoms with E-state index in [0.29, 0.717) is 5.92 Å². The number of carbonyl (C=O) groups excluding carboxylic acids is 1. The molecule has 0 atom stereocenters. The van der Waals surface area contributed by atoms with Crippen molar-refractivity contribution in [1.82, 2.24) is 5.32 Å². The van der Waals surface area contributed by atoms with Gasteiger partial charge in [0.25, 0.3) is 0 Å². The van der Waals surface area contributed by atoms with E-state index < -0.39 is 0 Å². The van der Waals surface area contributed by atoms with Gasteiger partial charge in [-0.05, 0) is 67.5 Å². The first-order valence-corrected chi connectivity index (χ1v) is 9.04. The van der Waals surface area contributed by atoms with Gasteiger partial charge in [0.05, 0.1) is 11.1 Å². The number of rotatable bonds is 7. The highest BCUT2D eigenvalue weighted by molar-refractivity contribution is 5.89. The van der Waals surface area contributed by atoms with Gasteiger partial charge in [0.15, 0.2) is 0 Å². The number of allylic oxidation sites excluding steroid dienone is 1. The van der Waals surface area contributed by atoms with Crippen LogP contribution in [0.5, 0.6) is 0 Å². The summed E-state index contributed by atoms with van der Waals surface area (Å²) < 4.78 is 0. The molecule has 1 aromatic carbocycles. The molecule has 2 saturated carbocycles. The average molecular weight is 325 g/mol. The standard InChI is InChI=1S/C20H27N3O/c1-2-12-22-19(24)20(10-3-11-20)17-6-8-18(9-7-17)23-14-16(13-21)15-4-5-15/h6-9,13-15H,2-5,10-12,21H2,1H3,(H,22,24). The van der Waals surface area contributed by atoms with Crippen molar-refractivity contribution >= 4 is 17.8 Å². The van der Waals surface area contributed by atoms with Gasteiger partial charge in [-0.25, -0.2) is 0 Å². The van der Waals surface area contributed by atoms with Crippen molar-refractivity contribution < 1.29 is 4.79 Å². The van der Waals surface area contributed by atoms with Crippen molar-refractivity contribution in [2.24, 2.45) is 16.6 Å². The Hall–Kier alpha value is -2.10. The van der Waals surface area contributed by atoms with Crippen molar-refractivity contribution in [2.75, 3.05) is 6.54 Å². The monoisotopic (exact) mass is 325 g/mol. The fraction of sp³-hybridized carbons (Fsp3) is 0.500. The van der Waals surface area contributed by atoms with Crippen molar-refractivity contribution in [2.45, 2.75) is 50.9 Å². The van der Waals surface area contributed by atoms with Crippen LogP contribution in [0.1, 0.15) is 51.0 Å². The maximum Gasteiger partial charge on any atom is 0.230 e. The molecular weight excluding hydrogens is 298 g/mol. The Labute approximate surface area is 144 Å². The zero-order chi connectivity index (χ0) is 17.0. The molecule has 128 valence electrons. The molecule has 1 amide bonds. The van der Waals surface area contributed by atoms with E-state index in [-0.39, 0.29) is 11.3 Å². The molecule has 2 aliphatic carbocycles. The number of aliphatic imine (C=N–C) groups is 1. The van der Waals surface area contributed by atoms with Gasteiger partial charge in [0.1, 0.15) is 0 Å². The minimum Gasteiger partial charge on any atom is -0.404 e. The molecule has 0 heterocycles. The van der Waals surface area contributed by atoms with Crippen LogP contribution in [-0.2, 0) is 10.2 Å². The van der Waals surface area contributed by atoms with Crippen LogP contribution in [0.3, 0.4) is 0 Å². The molecule has 24 heavy (non-hydrogen) atoms. The summed E-state index contributed by atoms with van der Waals surface area (Å²) in [5.41, 5.74) is 8.47. The molecule has 0 bridgehead atoms. The van der Waals surface area contributed by atoms with Gasteiger partial charge in [-0.1, -0.05) is 25.5 Å². The molecule has 0 aliphatic heterocycles. The summed E-state index contributed by atoms with van der Waals surface area (Å²) in [7, 11) is 0. The summed E-state index contributed by atoms with van der Waals surface area (Å²) in [5, 5.41) is 3.07. The van der Waals surface area contributed by atoms with Gasteiger partial charge >= 0.3 is 0 Å². The first-order chi connectivity index (χ1) is 11.7. The highest BCUT2D eigenvalue weighted by Crippen LogP contribution is 2.44. The Kier molecular flexibility index (Phi) is 5.03. The number of nitrogens with two attached hydrogens (primary N) is 1. The van der Waals surface area contributed by atoms with Gasteiger partial charge in [0, 0.05) is 12.8 Å². The summed E-state index contributed by atoms with van der Waals surface area (Å²) in [6, 6.07) is 8.11. The minimum atomic E-state index is -0.326. The third-order valence-corrected chi connectivity index (χ3v) is 5.20. The highest BCUT2D eigenvalue weighted by Gasteiger charge is 2.45. The first-order valence-electron chi connectivity index (χ1n) is 9.04. The van der Waals surface area contributed by atoms with E-state index in [9.17, 15) is 4.79 Å². The zero-order valence-corrected chi connectivity index (χ0v) is 14.4. The third-order valence-electron chi connectivity index (χ3n) is 5.20. The third kappa shape index (κ3) is 3.37. The SMILES string of the molecule is CCCNC(=O)C1(c2ccc(N=CC(=CN)C3CC3)cc2)CCC1. The Morgan fingerprint density at radius 2 is 2.04 bits per heavy atom. The van der Waals surface area contributed by atoms with Crippen LogP contribution in [0, 0.1) is 5.92 Å². The van der Waals surface area contributed by atoms with Crippen LogP contribution in [0.25, 0.3) is 0 Å². The van der Waals surface area contributed by atoms with Crippen LogP contribution in [-0.4, -0.2) is 18.7 Å². The topological polar surface area (TPSA) is 67.5 Å². The molecule has 0 unspecified atom stereocenters. The molecule has 3 rings (SSSR count). The lowest BCUT2D eigenvalue weighted by atomic mass is 9.64. The van der Waals surface area contributed by atoms with Crippen LogP contribution >= 0.6 is 0 Å². The average Bonchev–Trinajstić information content (AvgIpc) is 3.39. The smallest absolute Gasteiger partial charge is 0.230 e. The minimum absolute atomic E-state index is 0.175. The predicted octanol–water partition coefficient (Wildman–Crippen LogP) is 3.59. The molecule has 0 radical (unpaired) electrons. The second-order valence-corrected chi connectivity index (χ2v) is 6.94. The van der Waals surface area contributed by atoms with Crippen molar-refractivity contribution in [3.05, 3.63) is 41.6 Å². The summed E-state index contributed by atoms with van der Waals surface area (Å²) >= 11 is 0. The summed E-state index contributed by atoms with van der Waals surface area (Å²) in [5.74, 6) is 0.771. The molecule has 0 saturated heterocycles. The Morgan fingerprint density at radius 3 is 2.54 bits per heavy atom. The van der Waals surface area contributed by atoms with Crippen molar-refractivity contribution in [3.63, 3.8) is 0 Å². The van der Waals surface area contributed by atoms with E-state index in [1.165, 1.54) is 12.8 Å².